The molecule has 1 aliphatic rings. The highest BCUT2D eigenvalue weighted by molar-refractivity contribution is 9.10. The maximum Gasteiger partial charge on any atom is 0.233 e. The predicted molar refractivity (Wildman–Crippen MR) is 130 cm³/mol. The van der Waals surface area contributed by atoms with E-state index in [0.29, 0.717) is 23.8 Å². The Hall–Kier alpha value is -2.91. The number of hydrogen-bond donors (Lipinski definition) is 4. The Bertz CT molecular complexity index is 990. The van der Waals surface area contributed by atoms with Gasteiger partial charge in [0.2, 0.25) is 11.8 Å². The van der Waals surface area contributed by atoms with Crippen molar-refractivity contribution in [3.63, 3.8) is 0 Å². The first-order chi connectivity index (χ1) is 15.8. The molecule has 1 saturated heterocycles. The van der Waals surface area contributed by atoms with E-state index in [2.05, 4.69) is 26.6 Å². The van der Waals surface area contributed by atoms with Gasteiger partial charge in [-0.3, -0.25) is 15.0 Å². The molecule has 3 rings (SSSR count). The topological polar surface area (TPSA) is 127 Å². The number of nitrogens with one attached hydrogen (secondary N) is 3. The molecule has 1 atom stereocenters. The lowest BCUT2D eigenvalue weighted by molar-refractivity contribution is -0.127. The van der Waals surface area contributed by atoms with Crippen LogP contribution in [0, 0.1) is 11.3 Å². The minimum Gasteiger partial charge on any atom is -0.492 e. The van der Waals surface area contributed by atoms with Crippen LogP contribution < -0.4 is 21.1 Å². The molecule has 0 aliphatic carbocycles. The van der Waals surface area contributed by atoms with Crippen molar-refractivity contribution >= 4 is 39.3 Å². The van der Waals surface area contributed by atoms with Crippen molar-refractivity contribution in [3.05, 3.63) is 58.1 Å². The number of halogens is 1. The van der Waals surface area contributed by atoms with Crippen LogP contribution in [0.1, 0.15) is 43.4 Å². The first kappa shape index (κ1) is 24.7. The van der Waals surface area contributed by atoms with Crippen LogP contribution in [0.25, 0.3) is 0 Å². The smallest absolute Gasteiger partial charge is 0.233 e. The number of hydrogen-bond acceptors (Lipinski definition) is 5. The number of amidine groups is 1. The summed E-state index contributed by atoms with van der Waals surface area (Å²) in [6, 6.07) is 12.0. The van der Waals surface area contributed by atoms with Gasteiger partial charge in [0.1, 0.15) is 18.0 Å². The molecule has 33 heavy (non-hydrogen) atoms. The van der Waals surface area contributed by atoms with Gasteiger partial charge in [0.05, 0.1) is 17.1 Å². The number of rotatable bonds is 9. The minimum atomic E-state index is -0.423. The largest absolute Gasteiger partial charge is 0.492 e. The molecule has 2 aromatic carbocycles. The van der Waals surface area contributed by atoms with E-state index in [4.69, 9.17) is 20.6 Å². The van der Waals surface area contributed by atoms with Crippen molar-refractivity contribution in [1.82, 2.24) is 5.32 Å². The fourth-order valence-corrected chi connectivity index (χ4v) is 4.00. The molecular weight excluding hydrogens is 488 g/mol. The second kappa shape index (κ2) is 11.8. The number of carbonyl (C=O) groups excluding carboxylic acids is 2. The van der Waals surface area contributed by atoms with E-state index in [0.717, 1.165) is 41.8 Å². The highest BCUT2D eigenvalue weighted by atomic mass is 79.9. The Morgan fingerprint density at radius 1 is 1.18 bits per heavy atom. The van der Waals surface area contributed by atoms with Gasteiger partial charge in [0.15, 0.2) is 0 Å². The van der Waals surface area contributed by atoms with Gasteiger partial charge in [-0.2, -0.15) is 0 Å². The Morgan fingerprint density at radius 3 is 2.52 bits per heavy atom. The zero-order valence-corrected chi connectivity index (χ0v) is 20.1. The zero-order chi connectivity index (χ0) is 23.8. The molecule has 1 unspecified atom stereocenters. The quantitative estimate of drug-likeness (QED) is 0.229. The molecule has 0 aromatic heterocycles. The molecule has 2 amide bonds. The van der Waals surface area contributed by atoms with Gasteiger partial charge in [-0.25, -0.2) is 0 Å². The van der Waals surface area contributed by atoms with Crippen molar-refractivity contribution in [2.24, 2.45) is 11.7 Å². The summed E-state index contributed by atoms with van der Waals surface area (Å²) in [5.41, 5.74) is 7.41. The lowest BCUT2D eigenvalue weighted by Gasteiger charge is -2.22. The molecule has 2 aromatic rings. The normalized spacial score (nSPS) is 14.8. The summed E-state index contributed by atoms with van der Waals surface area (Å²) >= 11 is 3.55. The Kier molecular flexibility index (Phi) is 8.85. The van der Waals surface area contributed by atoms with Gasteiger partial charge in [-0.1, -0.05) is 6.07 Å². The SMILES string of the molecule is CC(NC(=O)CC(=O)Nc1ccc(C(=N)N)cc1)c1ccc(OCC2CCOCC2)c(Br)c1. The van der Waals surface area contributed by atoms with Gasteiger partial charge in [-0.05, 0) is 83.6 Å². The van der Waals surface area contributed by atoms with Crippen LogP contribution in [-0.4, -0.2) is 37.5 Å². The molecule has 1 heterocycles. The third-order valence-corrected chi connectivity index (χ3v) is 6.07. The molecule has 0 bridgehead atoms. The van der Waals surface area contributed by atoms with Crippen molar-refractivity contribution < 1.29 is 19.1 Å². The van der Waals surface area contributed by atoms with Gasteiger partial charge in [-0.15, -0.1) is 0 Å². The van der Waals surface area contributed by atoms with Crippen LogP contribution in [0.15, 0.2) is 46.9 Å². The molecule has 0 spiro atoms. The number of carbonyl (C=O) groups is 2. The summed E-state index contributed by atoms with van der Waals surface area (Å²) in [7, 11) is 0. The third-order valence-electron chi connectivity index (χ3n) is 5.45. The summed E-state index contributed by atoms with van der Waals surface area (Å²) in [6.07, 6.45) is 1.72. The zero-order valence-electron chi connectivity index (χ0n) is 18.5. The molecule has 1 aliphatic heterocycles. The van der Waals surface area contributed by atoms with E-state index in [9.17, 15) is 9.59 Å². The Labute approximate surface area is 201 Å². The van der Waals surface area contributed by atoms with Gasteiger partial charge < -0.3 is 25.8 Å². The van der Waals surface area contributed by atoms with Crippen molar-refractivity contribution in [3.8, 4) is 5.75 Å². The molecule has 0 radical (unpaired) electrons. The Morgan fingerprint density at radius 2 is 1.88 bits per heavy atom. The van der Waals surface area contributed by atoms with E-state index in [1.165, 1.54) is 0 Å². The minimum absolute atomic E-state index is 0.0493. The molecule has 0 saturated carbocycles. The van der Waals surface area contributed by atoms with Gasteiger partial charge >= 0.3 is 0 Å². The van der Waals surface area contributed by atoms with Crippen molar-refractivity contribution in [1.29, 1.82) is 5.41 Å². The average molecular weight is 517 g/mol. The third kappa shape index (κ3) is 7.57. The summed E-state index contributed by atoms with van der Waals surface area (Å²) < 4.78 is 12.2. The molecular formula is C24H29BrN4O4. The predicted octanol–water partition coefficient (Wildman–Crippen LogP) is 3.74. The number of ether oxygens (including phenoxy) is 2. The van der Waals surface area contributed by atoms with Crippen LogP contribution in [0.2, 0.25) is 0 Å². The number of benzene rings is 2. The lowest BCUT2D eigenvalue weighted by Crippen LogP contribution is -2.30. The maximum absolute atomic E-state index is 12.3. The highest BCUT2D eigenvalue weighted by Crippen LogP contribution is 2.29. The second-order valence-electron chi connectivity index (χ2n) is 8.06. The second-order valence-corrected chi connectivity index (χ2v) is 8.92. The van der Waals surface area contributed by atoms with E-state index in [1.54, 1.807) is 24.3 Å². The van der Waals surface area contributed by atoms with Crippen LogP contribution >= 0.6 is 15.9 Å². The van der Waals surface area contributed by atoms with E-state index < -0.39 is 5.91 Å². The van der Waals surface area contributed by atoms with Crippen molar-refractivity contribution in [2.75, 3.05) is 25.1 Å². The number of amides is 2. The van der Waals surface area contributed by atoms with E-state index in [1.807, 2.05) is 25.1 Å². The fraction of sp³-hybridized carbons (Fsp3) is 0.375. The number of nitrogen functional groups attached to an aromatic ring is 1. The number of anilines is 1. The van der Waals surface area contributed by atoms with Crippen LogP contribution in [0.3, 0.4) is 0 Å². The summed E-state index contributed by atoms with van der Waals surface area (Å²) in [4.78, 5) is 24.5. The number of nitrogens with two attached hydrogens (primary N) is 1. The summed E-state index contributed by atoms with van der Waals surface area (Å²) in [6.45, 7) is 4.09. The van der Waals surface area contributed by atoms with Crippen molar-refractivity contribution in [2.45, 2.75) is 32.2 Å². The first-order valence-electron chi connectivity index (χ1n) is 10.9. The van der Waals surface area contributed by atoms with Gasteiger partial charge in [0, 0.05) is 24.5 Å². The first-order valence-corrected chi connectivity index (χ1v) is 11.6. The fourth-order valence-electron chi connectivity index (χ4n) is 3.48. The average Bonchev–Trinajstić information content (AvgIpc) is 2.79. The molecule has 1 fully saturated rings. The van der Waals surface area contributed by atoms with E-state index in [-0.39, 0.29) is 24.2 Å². The standard InChI is InChI=1S/C24H29BrN4O4/c1-15(18-4-7-21(20(25)12-18)33-14-16-8-10-32-11-9-16)28-22(30)13-23(31)29-19-5-2-17(3-6-19)24(26)27/h2-7,12,15-16H,8-11,13-14H2,1H3,(H3,26,27)(H,28,30)(H,29,31). The monoisotopic (exact) mass is 516 g/mol. The Balaban J connectivity index is 1.47. The molecule has 9 heteroatoms. The molecule has 8 nitrogen and oxygen atoms in total. The van der Waals surface area contributed by atoms with E-state index >= 15 is 0 Å². The van der Waals surface area contributed by atoms with Crippen LogP contribution in [0.5, 0.6) is 5.75 Å². The molecule has 5 N–H and O–H groups in total. The summed E-state index contributed by atoms with van der Waals surface area (Å²) in [5, 5.41) is 12.9. The maximum atomic E-state index is 12.3. The summed E-state index contributed by atoms with van der Waals surface area (Å²) in [5.74, 6) is 0.414. The van der Waals surface area contributed by atoms with Gasteiger partial charge in [0.25, 0.3) is 0 Å². The van der Waals surface area contributed by atoms with Crippen LogP contribution in [-0.2, 0) is 14.3 Å². The van der Waals surface area contributed by atoms with Crippen LogP contribution in [0.4, 0.5) is 5.69 Å². The highest BCUT2D eigenvalue weighted by Gasteiger charge is 2.17. The lowest BCUT2D eigenvalue weighted by atomic mass is 10.0. The molecule has 176 valence electrons.